The molecule has 0 spiro atoms. The number of hydrogen-bond acceptors (Lipinski definition) is 3. The van der Waals surface area contributed by atoms with Crippen molar-refractivity contribution in [2.45, 2.75) is 33.4 Å². The molecule has 0 saturated heterocycles. The van der Waals surface area contributed by atoms with Crippen LogP contribution in [0, 0.1) is 5.41 Å². The lowest BCUT2D eigenvalue weighted by atomic mass is 9.87. The van der Waals surface area contributed by atoms with Gasteiger partial charge in [0, 0.05) is 18.9 Å². The third-order valence-electron chi connectivity index (χ3n) is 3.85. The number of nitrogens with zero attached hydrogens (tertiary/aromatic N) is 1. The number of rotatable bonds is 4. The molecule has 1 atom stereocenters. The number of fused-ring (bicyclic) bond motifs is 1. The van der Waals surface area contributed by atoms with Crippen molar-refractivity contribution in [3.8, 4) is 0 Å². The Morgan fingerprint density at radius 1 is 1.25 bits per heavy atom. The Balaban J connectivity index is 0.00000288. The zero-order chi connectivity index (χ0) is 17.2. The van der Waals surface area contributed by atoms with E-state index < -0.39 is 6.04 Å². The average molecular weight is 353 g/mol. The van der Waals surface area contributed by atoms with Gasteiger partial charge in [0.15, 0.2) is 0 Å². The molecule has 0 unspecified atom stereocenters. The molecule has 0 aliphatic heterocycles. The number of benzene rings is 1. The SMILES string of the molecule is CNC(=O)Cn1ccc2ccc(NC(=O)[C@@H](N)C(C)(C)C)cc21.Cl. The van der Waals surface area contributed by atoms with Crippen molar-refractivity contribution in [2.24, 2.45) is 11.1 Å². The van der Waals surface area contributed by atoms with E-state index in [1.165, 1.54) is 0 Å². The van der Waals surface area contributed by atoms with E-state index in [4.69, 9.17) is 5.73 Å². The van der Waals surface area contributed by atoms with Gasteiger partial charge < -0.3 is 20.9 Å². The molecule has 2 amide bonds. The van der Waals surface area contributed by atoms with Crippen LogP contribution in [0.5, 0.6) is 0 Å². The molecular formula is C17H25ClN4O2. The normalized spacial score (nSPS) is 12.4. The van der Waals surface area contributed by atoms with Crippen LogP contribution in [-0.2, 0) is 16.1 Å². The summed E-state index contributed by atoms with van der Waals surface area (Å²) < 4.78 is 1.84. The Bertz CT molecular complexity index is 734. The van der Waals surface area contributed by atoms with Crippen molar-refractivity contribution >= 4 is 40.8 Å². The summed E-state index contributed by atoms with van der Waals surface area (Å²) in [6, 6.07) is 6.93. The molecule has 7 heteroatoms. The fourth-order valence-corrected chi connectivity index (χ4v) is 2.25. The van der Waals surface area contributed by atoms with Crippen LogP contribution in [-0.4, -0.2) is 29.5 Å². The van der Waals surface area contributed by atoms with Gasteiger partial charge in [0.1, 0.15) is 6.54 Å². The summed E-state index contributed by atoms with van der Waals surface area (Å²) in [5.74, 6) is -0.298. The van der Waals surface area contributed by atoms with Crippen molar-refractivity contribution < 1.29 is 9.59 Å². The Morgan fingerprint density at radius 2 is 1.92 bits per heavy atom. The first-order valence-electron chi connectivity index (χ1n) is 7.58. The van der Waals surface area contributed by atoms with Crippen LogP contribution in [0.2, 0.25) is 0 Å². The molecule has 1 aromatic heterocycles. The van der Waals surface area contributed by atoms with Crippen LogP contribution in [0.25, 0.3) is 10.9 Å². The van der Waals surface area contributed by atoms with Gasteiger partial charge in [-0.3, -0.25) is 9.59 Å². The quantitative estimate of drug-likeness (QED) is 0.787. The van der Waals surface area contributed by atoms with E-state index in [0.717, 1.165) is 10.9 Å². The van der Waals surface area contributed by atoms with Crippen LogP contribution < -0.4 is 16.4 Å². The third kappa shape index (κ3) is 4.49. The molecule has 0 bridgehead atoms. The van der Waals surface area contributed by atoms with Crippen molar-refractivity contribution in [3.63, 3.8) is 0 Å². The number of nitrogens with two attached hydrogens (primary N) is 1. The second-order valence-electron chi connectivity index (χ2n) is 6.72. The lowest BCUT2D eigenvalue weighted by Crippen LogP contribution is -2.45. The molecule has 0 aliphatic rings. The molecule has 132 valence electrons. The van der Waals surface area contributed by atoms with E-state index in [0.29, 0.717) is 5.69 Å². The first-order chi connectivity index (χ1) is 10.7. The van der Waals surface area contributed by atoms with Crippen LogP contribution in [0.1, 0.15) is 20.8 Å². The van der Waals surface area contributed by atoms with Gasteiger partial charge >= 0.3 is 0 Å². The van der Waals surface area contributed by atoms with E-state index in [1.807, 2.05) is 55.8 Å². The maximum Gasteiger partial charge on any atom is 0.241 e. The Morgan fingerprint density at radius 3 is 2.50 bits per heavy atom. The number of likely N-dealkylation sites (N-methyl/N-ethyl adjacent to an activating group) is 1. The number of hydrogen-bond donors (Lipinski definition) is 3. The van der Waals surface area contributed by atoms with Crippen LogP contribution in [0.4, 0.5) is 5.69 Å². The van der Waals surface area contributed by atoms with E-state index in [2.05, 4.69) is 10.6 Å². The summed E-state index contributed by atoms with van der Waals surface area (Å²) in [4.78, 5) is 23.8. The molecule has 0 fully saturated rings. The minimum atomic E-state index is -0.601. The van der Waals surface area contributed by atoms with Crippen molar-refractivity contribution in [1.29, 1.82) is 0 Å². The maximum absolute atomic E-state index is 12.2. The standard InChI is InChI=1S/C17H24N4O2.ClH/c1-17(2,3)15(18)16(23)20-12-6-5-11-7-8-21(13(11)9-12)10-14(22)19-4;/h5-9,15H,10,18H2,1-4H3,(H,19,22)(H,20,23);1H/t15-;/m1./s1. The van der Waals surface area contributed by atoms with E-state index >= 15 is 0 Å². The van der Waals surface area contributed by atoms with Crippen molar-refractivity contribution in [2.75, 3.05) is 12.4 Å². The third-order valence-corrected chi connectivity index (χ3v) is 3.85. The van der Waals surface area contributed by atoms with Gasteiger partial charge in [-0.1, -0.05) is 26.8 Å². The highest BCUT2D eigenvalue weighted by Crippen LogP contribution is 2.22. The summed E-state index contributed by atoms with van der Waals surface area (Å²) in [5, 5.41) is 6.45. The highest BCUT2D eigenvalue weighted by molar-refractivity contribution is 5.97. The van der Waals surface area contributed by atoms with Gasteiger partial charge in [-0.05, 0) is 29.0 Å². The van der Waals surface area contributed by atoms with Gasteiger partial charge in [0.2, 0.25) is 11.8 Å². The van der Waals surface area contributed by atoms with Gasteiger partial charge in [0.05, 0.1) is 11.6 Å². The number of anilines is 1. The Kier molecular flexibility index (Phi) is 6.40. The zero-order valence-electron chi connectivity index (χ0n) is 14.4. The first-order valence-corrected chi connectivity index (χ1v) is 7.58. The predicted molar refractivity (Wildman–Crippen MR) is 99.3 cm³/mol. The fraction of sp³-hybridized carbons (Fsp3) is 0.412. The van der Waals surface area contributed by atoms with Crippen LogP contribution >= 0.6 is 12.4 Å². The second kappa shape index (κ2) is 7.68. The number of carbonyl (C=O) groups is 2. The Hall–Kier alpha value is -2.05. The van der Waals surface area contributed by atoms with E-state index in [9.17, 15) is 9.59 Å². The smallest absolute Gasteiger partial charge is 0.241 e. The van der Waals surface area contributed by atoms with Gasteiger partial charge in [0.25, 0.3) is 0 Å². The van der Waals surface area contributed by atoms with Gasteiger partial charge in [-0.2, -0.15) is 0 Å². The number of halogens is 1. The zero-order valence-corrected chi connectivity index (χ0v) is 15.2. The number of aromatic nitrogens is 1. The highest BCUT2D eigenvalue weighted by atomic mass is 35.5. The first kappa shape index (κ1) is 20.0. The molecule has 0 radical (unpaired) electrons. The summed E-state index contributed by atoms with van der Waals surface area (Å²) in [6.45, 7) is 6.01. The monoisotopic (exact) mass is 352 g/mol. The van der Waals surface area contributed by atoms with Crippen LogP contribution in [0.15, 0.2) is 30.5 Å². The predicted octanol–water partition coefficient (Wildman–Crippen LogP) is 2.12. The summed E-state index contributed by atoms with van der Waals surface area (Å²) in [7, 11) is 1.60. The summed E-state index contributed by atoms with van der Waals surface area (Å²) in [6.07, 6.45) is 1.85. The fourth-order valence-electron chi connectivity index (χ4n) is 2.25. The summed E-state index contributed by atoms with van der Waals surface area (Å²) in [5.41, 5.74) is 7.22. The molecule has 0 saturated carbocycles. The van der Waals surface area contributed by atoms with Gasteiger partial charge in [-0.15, -0.1) is 12.4 Å². The lowest BCUT2D eigenvalue weighted by molar-refractivity contribution is -0.121. The number of carbonyl (C=O) groups excluding carboxylic acids is 2. The molecule has 24 heavy (non-hydrogen) atoms. The summed E-state index contributed by atoms with van der Waals surface area (Å²) >= 11 is 0. The minimum Gasteiger partial charge on any atom is -0.358 e. The second-order valence-corrected chi connectivity index (χ2v) is 6.72. The van der Waals surface area contributed by atoms with Gasteiger partial charge in [-0.25, -0.2) is 0 Å². The maximum atomic E-state index is 12.2. The van der Waals surface area contributed by atoms with Crippen molar-refractivity contribution in [1.82, 2.24) is 9.88 Å². The average Bonchev–Trinajstić information content (AvgIpc) is 2.87. The lowest BCUT2D eigenvalue weighted by Gasteiger charge is -2.25. The minimum absolute atomic E-state index is 0. The largest absolute Gasteiger partial charge is 0.358 e. The molecule has 6 nitrogen and oxygen atoms in total. The number of nitrogens with one attached hydrogen (secondary N) is 2. The van der Waals surface area contributed by atoms with E-state index in [1.54, 1.807) is 7.05 Å². The number of amides is 2. The molecule has 1 aromatic carbocycles. The molecule has 2 aromatic rings. The molecule has 4 N–H and O–H groups in total. The molecule has 2 rings (SSSR count). The van der Waals surface area contributed by atoms with Crippen molar-refractivity contribution in [3.05, 3.63) is 30.5 Å². The molecule has 1 heterocycles. The molecular weight excluding hydrogens is 328 g/mol. The topological polar surface area (TPSA) is 89.2 Å². The van der Waals surface area contributed by atoms with Crippen LogP contribution in [0.3, 0.4) is 0 Å². The molecule has 0 aliphatic carbocycles. The van der Waals surface area contributed by atoms with E-state index in [-0.39, 0.29) is 36.2 Å². The highest BCUT2D eigenvalue weighted by Gasteiger charge is 2.27. The Labute approximate surface area is 148 Å².